The van der Waals surface area contributed by atoms with Crippen LogP contribution in [0.25, 0.3) is 11.1 Å². The Kier molecular flexibility index (Phi) is 8.91. The summed E-state index contributed by atoms with van der Waals surface area (Å²) in [5.41, 5.74) is 1.67. The molecule has 4 rings (SSSR count). The Bertz CT molecular complexity index is 1210. The van der Waals surface area contributed by atoms with E-state index in [0.29, 0.717) is 29.0 Å². The van der Waals surface area contributed by atoms with Crippen molar-refractivity contribution in [2.24, 2.45) is 5.92 Å². The SMILES string of the molecule is C=CCCCOc1ccc(-c2ccc(COc3ccc(C4CCC(C)CC4)c(F)c3F)cc2)c(F)c1F. The van der Waals surface area contributed by atoms with Gasteiger partial charge in [0.15, 0.2) is 23.1 Å². The van der Waals surface area contributed by atoms with Crippen LogP contribution in [-0.2, 0) is 6.61 Å². The van der Waals surface area contributed by atoms with Crippen LogP contribution in [0.1, 0.15) is 62.5 Å². The Labute approximate surface area is 215 Å². The lowest BCUT2D eigenvalue weighted by atomic mass is 9.79. The molecule has 0 amide bonds. The molecule has 0 atom stereocenters. The molecule has 1 aliphatic carbocycles. The maximum atomic E-state index is 14.8. The summed E-state index contributed by atoms with van der Waals surface area (Å²) in [5, 5.41) is 0. The highest BCUT2D eigenvalue weighted by atomic mass is 19.2. The maximum Gasteiger partial charge on any atom is 0.201 e. The monoisotopic (exact) mass is 512 g/mol. The minimum Gasteiger partial charge on any atom is -0.490 e. The van der Waals surface area contributed by atoms with E-state index in [9.17, 15) is 17.6 Å². The van der Waals surface area contributed by atoms with Crippen molar-refractivity contribution in [3.63, 3.8) is 0 Å². The first-order chi connectivity index (χ1) is 17.9. The highest BCUT2D eigenvalue weighted by Gasteiger charge is 2.25. The van der Waals surface area contributed by atoms with Gasteiger partial charge in [0.1, 0.15) is 6.61 Å². The van der Waals surface area contributed by atoms with Crippen molar-refractivity contribution >= 4 is 0 Å². The van der Waals surface area contributed by atoms with E-state index in [1.807, 2.05) is 0 Å². The number of rotatable bonds is 10. The number of hydrogen-bond acceptors (Lipinski definition) is 2. The molecule has 0 unspecified atom stereocenters. The zero-order valence-electron chi connectivity index (χ0n) is 21.0. The summed E-state index contributed by atoms with van der Waals surface area (Å²) >= 11 is 0. The molecular weight excluding hydrogens is 480 g/mol. The van der Waals surface area contributed by atoms with Crippen molar-refractivity contribution in [1.29, 1.82) is 0 Å². The van der Waals surface area contributed by atoms with Gasteiger partial charge in [0.2, 0.25) is 11.6 Å². The van der Waals surface area contributed by atoms with Crippen LogP contribution in [0.5, 0.6) is 11.5 Å². The van der Waals surface area contributed by atoms with Crippen molar-refractivity contribution in [3.05, 3.63) is 95.6 Å². The third kappa shape index (κ3) is 6.35. The summed E-state index contributed by atoms with van der Waals surface area (Å²) in [4.78, 5) is 0. The highest BCUT2D eigenvalue weighted by Crippen LogP contribution is 2.38. The Hall–Kier alpha value is -3.28. The molecule has 37 heavy (non-hydrogen) atoms. The Morgan fingerprint density at radius 2 is 1.43 bits per heavy atom. The van der Waals surface area contributed by atoms with Gasteiger partial charge in [0.05, 0.1) is 6.61 Å². The molecule has 1 fully saturated rings. The number of benzene rings is 3. The zero-order valence-corrected chi connectivity index (χ0v) is 21.0. The Morgan fingerprint density at radius 1 is 0.784 bits per heavy atom. The minimum absolute atomic E-state index is 0.00522. The van der Waals surface area contributed by atoms with Crippen molar-refractivity contribution in [1.82, 2.24) is 0 Å². The normalized spacial score (nSPS) is 17.4. The Balaban J connectivity index is 1.40. The molecule has 1 aliphatic rings. The van der Waals surface area contributed by atoms with Crippen LogP contribution in [0.3, 0.4) is 0 Å². The molecule has 0 radical (unpaired) electrons. The van der Waals surface area contributed by atoms with Crippen LogP contribution in [0.4, 0.5) is 17.6 Å². The molecule has 1 saturated carbocycles. The van der Waals surface area contributed by atoms with E-state index in [2.05, 4.69) is 13.5 Å². The van der Waals surface area contributed by atoms with E-state index in [0.717, 1.165) is 32.1 Å². The van der Waals surface area contributed by atoms with Crippen molar-refractivity contribution in [2.45, 2.75) is 58.0 Å². The van der Waals surface area contributed by atoms with E-state index < -0.39 is 23.3 Å². The van der Waals surface area contributed by atoms with Gasteiger partial charge in [-0.05, 0) is 72.4 Å². The van der Waals surface area contributed by atoms with Gasteiger partial charge in [-0.25, -0.2) is 8.78 Å². The lowest BCUT2D eigenvalue weighted by Gasteiger charge is -2.27. The van der Waals surface area contributed by atoms with Crippen LogP contribution in [-0.4, -0.2) is 6.61 Å². The van der Waals surface area contributed by atoms with Gasteiger partial charge in [-0.1, -0.05) is 56.2 Å². The average molecular weight is 513 g/mol. The third-order valence-electron chi connectivity index (χ3n) is 7.05. The van der Waals surface area contributed by atoms with Gasteiger partial charge < -0.3 is 9.47 Å². The maximum absolute atomic E-state index is 14.8. The second kappa shape index (κ2) is 12.3. The summed E-state index contributed by atoms with van der Waals surface area (Å²) in [7, 11) is 0. The van der Waals surface area contributed by atoms with Crippen molar-refractivity contribution < 1.29 is 27.0 Å². The average Bonchev–Trinajstić information content (AvgIpc) is 2.91. The molecule has 0 bridgehead atoms. The summed E-state index contributed by atoms with van der Waals surface area (Å²) in [6.07, 6.45) is 6.89. The first-order valence-electron chi connectivity index (χ1n) is 12.8. The summed E-state index contributed by atoms with van der Waals surface area (Å²) in [6, 6.07) is 12.6. The van der Waals surface area contributed by atoms with Crippen molar-refractivity contribution in [2.75, 3.05) is 6.61 Å². The summed E-state index contributed by atoms with van der Waals surface area (Å²) < 4.78 is 69.5. The standard InChI is InChI=1S/C31H32F4O2/c1-3-4-5-18-36-26-16-14-25(28(32)30(26)34)23-12-8-21(9-13-23)19-37-27-17-15-24(29(33)31(27)35)22-10-6-20(2)7-11-22/h3,8-9,12-17,20,22H,1,4-7,10-11,18-19H2,2H3. The van der Waals surface area contributed by atoms with Crippen LogP contribution < -0.4 is 9.47 Å². The van der Waals surface area contributed by atoms with Crippen LogP contribution >= 0.6 is 0 Å². The topological polar surface area (TPSA) is 18.5 Å². The fourth-order valence-electron chi connectivity index (χ4n) is 4.76. The molecule has 0 spiro atoms. The first kappa shape index (κ1) is 26.8. The summed E-state index contributed by atoms with van der Waals surface area (Å²) in [6.45, 7) is 6.07. The van der Waals surface area contributed by atoms with E-state index in [4.69, 9.17) is 9.47 Å². The van der Waals surface area contributed by atoms with Gasteiger partial charge in [-0.15, -0.1) is 6.58 Å². The molecule has 0 aliphatic heterocycles. The number of halogens is 4. The number of ether oxygens (including phenoxy) is 2. The van der Waals surface area contributed by atoms with E-state index in [-0.39, 0.29) is 36.2 Å². The first-order valence-corrected chi connectivity index (χ1v) is 12.8. The molecule has 0 saturated heterocycles. The predicted octanol–water partition coefficient (Wildman–Crippen LogP) is 9.13. The quantitative estimate of drug-likeness (QED) is 0.153. The highest BCUT2D eigenvalue weighted by molar-refractivity contribution is 5.65. The van der Waals surface area contributed by atoms with Crippen LogP contribution in [0.2, 0.25) is 0 Å². The van der Waals surface area contributed by atoms with Gasteiger partial charge in [0, 0.05) is 5.56 Å². The number of hydrogen-bond donors (Lipinski definition) is 0. The lowest BCUT2D eigenvalue weighted by Crippen LogP contribution is -2.13. The second-order valence-corrected chi connectivity index (χ2v) is 9.74. The molecule has 196 valence electrons. The fraction of sp³-hybridized carbons (Fsp3) is 0.355. The molecular formula is C31H32F4O2. The van der Waals surface area contributed by atoms with Crippen LogP contribution in [0, 0.1) is 29.2 Å². The minimum atomic E-state index is -1.03. The van der Waals surface area contributed by atoms with E-state index >= 15 is 0 Å². The van der Waals surface area contributed by atoms with Gasteiger partial charge >= 0.3 is 0 Å². The molecule has 3 aromatic carbocycles. The molecule has 0 heterocycles. The van der Waals surface area contributed by atoms with E-state index in [1.54, 1.807) is 36.4 Å². The van der Waals surface area contributed by atoms with Gasteiger partial charge in [0.25, 0.3) is 0 Å². The molecule has 3 aromatic rings. The lowest BCUT2D eigenvalue weighted by molar-refractivity contribution is 0.282. The third-order valence-corrected chi connectivity index (χ3v) is 7.05. The zero-order chi connectivity index (χ0) is 26.4. The van der Waals surface area contributed by atoms with Crippen molar-refractivity contribution in [3.8, 4) is 22.6 Å². The smallest absolute Gasteiger partial charge is 0.201 e. The number of unbranched alkanes of at least 4 members (excludes halogenated alkanes) is 1. The molecule has 2 nitrogen and oxygen atoms in total. The summed E-state index contributed by atoms with van der Waals surface area (Å²) in [5.74, 6) is -3.45. The molecule has 6 heteroatoms. The van der Waals surface area contributed by atoms with E-state index in [1.165, 1.54) is 18.2 Å². The molecule has 0 aromatic heterocycles. The molecule has 0 N–H and O–H groups in total. The number of allylic oxidation sites excluding steroid dienone is 1. The van der Waals surface area contributed by atoms with Gasteiger partial charge in [-0.3, -0.25) is 0 Å². The fourth-order valence-corrected chi connectivity index (χ4v) is 4.76. The Morgan fingerprint density at radius 3 is 2.14 bits per heavy atom. The second-order valence-electron chi connectivity index (χ2n) is 9.74. The largest absolute Gasteiger partial charge is 0.490 e. The predicted molar refractivity (Wildman–Crippen MR) is 138 cm³/mol. The van der Waals surface area contributed by atoms with Crippen LogP contribution in [0.15, 0.2) is 61.2 Å². The van der Waals surface area contributed by atoms with Gasteiger partial charge in [-0.2, -0.15) is 8.78 Å².